The van der Waals surface area contributed by atoms with Gasteiger partial charge in [-0.2, -0.15) is 5.10 Å². The van der Waals surface area contributed by atoms with Crippen LogP contribution in [0.15, 0.2) is 53.6 Å². The van der Waals surface area contributed by atoms with E-state index in [1.54, 1.807) is 36.4 Å². The van der Waals surface area contributed by atoms with Gasteiger partial charge in [0.05, 0.1) is 6.21 Å². The Morgan fingerprint density at radius 2 is 1.85 bits per heavy atom. The zero-order valence-corrected chi connectivity index (χ0v) is 15.2. The van der Waals surface area contributed by atoms with Gasteiger partial charge in [0.15, 0.2) is 0 Å². The van der Waals surface area contributed by atoms with Gasteiger partial charge in [-0.1, -0.05) is 24.3 Å². The minimum absolute atomic E-state index is 0.114. The van der Waals surface area contributed by atoms with Crippen molar-refractivity contribution in [1.29, 1.82) is 0 Å². The number of hydrogen-bond donors (Lipinski definition) is 3. The quantitative estimate of drug-likeness (QED) is 0.540. The van der Waals surface area contributed by atoms with Gasteiger partial charge in [-0.15, -0.1) is 0 Å². The molecule has 3 rings (SSSR count). The minimum atomic E-state index is -0.294. The van der Waals surface area contributed by atoms with Crippen LogP contribution in [0, 0.1) is 5.92 Å². The van der Waals surface area contributed by atoms with E-state index in [9.17, 15) is 15.0 Å². The van der Waals surface area contributed by atoms with Crippen LogP contribution in [0.3, 0.4) is 0 Å². The van der Waals surface area contributed by atoms with Crippen molar-refractivity contribution in [1.82, 2.24) is 10.3 Å². The molecule has 1 aliphatic heterocycles. The normalized spacial score (nSPS) is 15.9. The Morgan fingerprint density at radius 3 is 2.52 bits per heavy atom. The van der Waals surface area contributed by atoms with Gasteiger partial charge in [0.1, 0.15) is 5.75 Å². The second-order valence-corrected chi connectivity index (χ2v) is 6.86. The standard InChI is InChI=1S/C21H25N3O3/c25-15-17-9-11-24(12-10-17)14-16-5-7-18(8-6-16)21(27)23-22-13-19-3-1-2-4-20(19)26/h1-8,13,17,25-26H,9-12,14-15H2,(H,23,27)/b22-13+. The van der Waals surface area contributed by atoms with Crippen LogP contribution in [0.4, 0.5) is 0 Å². The number of aliphatic hydroxyl groups is 1. The number of hydrazone groups is 1. The SMILES string of the molecule is O=C(N/N=C/c1ccccc1O)c1ccc(CN2CCC(CO)CC2)cc1. The summed E-state index contributed by atoms with van der Waals surface area (Å²) >= 11 is 0. The molecule has 1 saturated heterocycles. The molecule has 1 amide bonds. The van der Waals surface area contributed by atoms with Crippen LogP contribution in [0.5, 0.6) is 5.75 Å². The van der Waals surface area contributed by atoms with E-state index in [-0.39, 0.29) is 18.3 Å². The molecule has 142 valence electrons. The van der Waals surface area contributed by atoms with Crippen LogP contribution < -0.4 is 5.43 Å². The summed E-state index contributed by atoms with van der Waals surface area (Å²) in [5.41, 5.74) is 4.71. The van der Waals surface area contributed by atoms with E-state index in [0.29, 0.717) is 17.0 Å². The van der Waals surface area contributed by atoms with Crippen molar-refractivity contribution in [3.05, 3.63) is 65.2 Å². The molecule has 2 aromatic carbocycles. The summed E-state index contributed by atoms with van der Waals surface area (Å²) in [7, 11) is 0. The van der Waals surface area contributed by atoms with Crippen LogP contribution in [0.1, 0.15) is 34.3 Å². The van der Waals surface area contributed by atoms with Crippen molar-refractivity contribution in [2.24, 2.45) is 11.0 Å². The average Bonchev–Trinajstić information content (AvgIpc) is 2.70. The molecule has 0 aromatic heterocycles. The summed E-state index contributed by atoms with van der Waals surface area (Å²) in [5.74, 6) is 0.255. The third-order valence-corrected chi connectivity index (χ3v) is 4.89. The Labute approximate surface area is 159 Å². The maximum absolute atomic E-state index is 12.2. The number of hydrogen-bond acceptors (Lipinski definition) is 5. The summed E-state index contributed by atoms with van der Waals surface area (Å²) in [6.45, 7) is 3.12. The van der Waals surface area contributed by atoms with E-state index < -0.39 is 0 Å². The second kappa shape index (κ2) is 9.30. The van der Waals surface area contributed by atoms with E-state index in [2.05, 4.69) is 15.4 Å². The zero-order valence-electron chi connectivity index (χ0n) is 15.2. The number of para-hydroxylation sites is 1. The molecule has 1 fully saturated rings. The molecule has 0 spiro atoms. The third-order valence-electron chi connectivity index (χ3n) is 4.89. The first kappa shape index (κ1) is 19.1. The summed E-state index contributed by atoms with van der Waals surface area (Å²) in [6.07, 6.45) is 3.48. The molecular formula is C21H25N3O3. The molecule has 0 atom stereocenters. The van der Waals surface area contributed by atoms with Crippen LogP contribution in [-0.2, 0) is 6.54 Å². The number of phenolic OH excluding ortho intramolecular Hbond substituents is 1. The molecule has 0 unspecified atom stereocenters. The Morgan fingerprint density at radius 1 is 1.15 bits per heavy atom. The Kier molecular flexibility index (Phi) is 6.57. The van der Waals surface area contributed by atoms with Gasteiger partial charge in [0, 0.05) is 24.3 Å². The number of rotatable bonds is 6. The fraction of sp³-hybridized carbons (Fsp3) is 0.333. The van der Waals surface area contributed by atoms with Crippen molar-refractivity contribution in [2.75, 3.05) is 19.7 Å². The molecule has 1 heterocycles. The first-order valence-electron chi connectivity index (χ1n) is 9.19. The van der Waals surface area contributed by atoms with Gasteiger partial charge >= 0.3 is 0 Å². The zero-order chi connectivity index (χ0) is 19.1. The van der Waals surface area contributed by atoms with Crippen LogP contribution >= 0.6 is 0 Å². The van der Waals surface area contributed by atoms with Crippen molar-refractivity contribution < 1.29 is 15.0 Å². The molecule has 1 aliphatic rings. The maximum atomic E-state index is 12.2. The fourth-order valence-electron chi connectivity index (χ4n) is 3.17. The molecule has 0 saturated carbocycles. The number of nitrogens with one attached hydrogen (secondary N) is 1. The number of likely N-dealkylation sites (tertiary alicyclic amines) is 1. The number of nitrogens with zero attached hydrogens (tertiary/aromatic N) is 2. The van der Waals surface area contributed by atoms with E-state index in [0.717, 1.165) is 38.0 Å². The predicted molar refractivity (Wildman–Crippen MR) is 105 cm³/mol. The van der Waals surface area contributed by atoms with E-state index >= 15 is 0 Å². The lowest BCUT2D eigenvalue weighted by Gasteiger charge is -2.31. The molecular weight excluding hydrogens is 342 g/mol. The van der Waals surface area contributed by atoms with E-state index in [1.165, 1.54) is 6.21 Å². The van der Waals surface area contributed by atoms with E-state index in [1.807, 2.05) is 12.1 Å². The highest BCUT2D eigenvalue weighted by atomic mass is 16.3. The Balaban J connectivity index is 1.51. The lowest BCUT2D eigenvalue weighted by molar-refractivity contribution is 0.0955. The number of aliphatic hydroxyl groups excluding tert-OH is 1. The number of phenols is 1. The van der Waals surface area contributed by atoms with Gasteiger partial charge in [-0.3, -0.25) is 9.69 Å². The topological polar surface area (TPSA) is 85.2 Å². The number of benzene rings is 2. The number of carbonyl (C=O) groups excluding carboxylic acids is 1. The van der Waals surface area contributed by atoms with Crippen molar-refractivity contribution in [3.63, 3.8) is 0 Å². The van der Waals surface area contributed by atoms with Crippen LogP contribution in [0.25, 0.3) is 0 Å². The van der Waals surface area contributed by atoms with Gasteiger partial charge in [-0.05, 0) is 61.7 Å². The molecule has 0 aliphatic carbocycles. The molecule has 0 bridgehead atoms. The van der Waals surface area contributed by atoms with Crippen LogP contribution in [-0.4, -0.2) is 46.9 Å². The lowest BCUT2D eigenvalue weighted by Crippen LogP contribution is -2.34. The largest absolute Gasteiger partial charge is 0.507 e. The highest BCUT2D eigenvalue weighted by molar-refractivity contribution is 5.95. The highest BCUT2D eigenvalue weighted by Gasteiger charge is 2.18. The minimum Gasteiger partial charge on any atom is -0.507 e. The predicted octanol–water partition coefficient (Wildman–Crippen LogP) is 2.36. The monoisotopic (exact) mass is 367 g/mol. The average molecular weight is 367 g/mol. The van der Waals surface area contributed by atoms with Crippen molar-refractivity contribution in [2.45, 2.75) is 19.4 Å². The maximum Gasteiger partial charge on any atom is 0.271 e. The molecule has 2 aromatic rings. The summed E-state index contributed by atoms with van der Waals surface area (Å²) in [4.78, 5) is 14.5. The molecule has 6 heteroatoms. The number of piperidine rings is 1. The van der Waals surface area contributed by atoms with E-state index in [4.69, 9.17) is 0 Å². The number of amides is 1. The first-order chi connectivity index (χ1) is 13.2. The van der Waals surface area contributed by atoms with Crippen molar-refractivity contribution in [3.8, 4) is 5.75 Å². The second-order valence-electron chi connectivity index (χ2n) is 6.86. The summed E-state index contributed by atoms with van der Waals surface area (Å²) < 4.78 is 0. The highest BCUT2D eigenvalue weighted by Crippen LogP contribution is 2.18. The lowest BCUT2D eigenvalue weighted by atomic mass is 9.97. The van der Waals surface area contributed by atoms with Gasteiger partial charge in [0.25, 0.3) is 5.91 Å². The summed E-state index contributed by atoms with van der Waals surface area (Å²) in [6, 6.07) is 14.3. The summed E-state index contributed by atoms with van der Waals surface area (Å²) in [5, 5.41) is 22.8. The first-order valence-corrected chi connectivity index (χ1v) is 9.19. The van der Waals surface area contributed by atoms with Gasteiger partial charge in [-0.25, -0.2) is 5.43 Å². The number of aromatic hydroxyl groups is 1. The molecule has 27 heavy (non-hydrogen) atoms. The Bertz CT molecular complexity index is 782. The third kappa shape index (κ3) is 5.39. The van der Waals surface area contributed by atoms with Crippen molar-refractivity contribution >= 4 is 12.1 Å². The fourth-order valence-corrected chi connectivity index (χ4v) is 3.17. The van der Waals surface area contributed by atoms with Gasteiger partial charge in [0.2, 0.25) is 0 Å². The number of carbonyl (C=O) groups is 1. The van der Waals surface area contributed by atoms with Gasteiger partial charge < -0.3 is 10.2 Å². The molecule has 3 N–H and O–H groups in total. The van der Waals surface area contributed by atoms with Crippen LogP contribution in [0.2, 0.25) is 0 Å². The smallest absolute Gasteiger partial charge is 0.271 e. The molecule has 6 nitrogen and oxygen atoms in total. The Hall–Kier alpha value is -2.70. The molecule has 0 radical (unpaired) electrons.